The summed E-state index contributed by atoms with van der Waals surface area (Å²) in [6.45, 7) is 7.16. The summed E-state index contributed by atoms with van der Waals surface area (Å²) in [4.78, 5) is 27.1. The minimum Gasteiger partial charge on any atom is -0.354 e. The zero-order valence-electron chi connectivity index (χ0n) is 16.1. The Morgan fingerprint density at radius 2 is 2.15 bits per heavy atom. The monoisotopic (exact) mass is 361 g/mol. The molecule has 0 saturated carbocycles. The Hall–Kier alpha value is -1.89. The van der Waals surface area contributed by atoms with Crippen LogP contribution in [0.25, 0.3) is 0 Å². The largest absolute Gasteiger partial charge is 0.354 e. The van der Waals surface area contributed by atoms with Gasteiger partial charge in [-0.25, -0.2) is 0 Å². The Balaban J connectivity index is 1.57. The average Bonchev–Trinajstić information content (AvgIpc) is 3.29. The molecular formula is C19H31N5O2. The minimum absolute atomic E-state index is 0.0414. The van der Waals surface area contributed by atoms with Crippen LogP contribution < -0.4 is 10.6 Å². The first-order valence-corrected chi connectivity index (χ1v) is 9.79. The number of aromatic nitrogens is 2. The second-order valence-electron chi connectivity index (χ2n) is 7.91. The van der Waals surface area contributed by atoms with Gasteiger partial charge in [0.25, 0.3) is 5.91 Å². The maximum absolute atomic E-state index is 13.0. The van der Waals surface area contributed by atoms with Crippen LogP contribution in [0.15, 0.2) is 6.20 Å². The third-order valence-electron chi connectivity index (χ3n) is 5.38. The predicted octanol–water partition coefficient (Wildman–Crippen LogP) is 1.26. The molecule has 2 unspecified atom stereocenters. The zero-order chi connectivity index (χ0) is 18.7. The molecule has 3 heterocycles. The van der Waals surface area contributed by atoms with Crippen LogP contribution >= 0.6 is 0 Å². The van der Waals surface area contributed by atoms with Crippen LogP contribution in [0.5, 0.6) is 0 Å². The Labute approximate surface area is 155 Å². The summed E-state index contributed by atoms with van der Waals surface area (Å²) in [6, 6.07) is -0.0414. The SMILES string of the molecule is CC(C)c1nn(C)cc1C(=O)N1CCCC(CNC(=O)C2CCCN2)C1. The second kappa shape index (κ2) is 8.20. The molecule has 2 aliphatic heterocycles. The Morgan fingerprint density at radius 1 is 1.35 bits per heavy atom. The van der Waals surface area contributed by atoms with Gasteiger partial charge in [-0.3, -0.25) is 14.3 Å². The Kier molecular flexibility index (Phi) is 5.96. The Bertz CT molecular complexity index is 648. The number of amides is 2. The van der Waals surface area contributed by atoms with Crippen molar-refractivity contribution in [2.24, 2.45) is 13.0 Å². The molecule has 2 atom stereocenters. The second-order valence-corrected chi connectivity index (χ2v) is 7.91. The first-order chi connectivity index (χ1) is 12.5. The van der Waals surface area contributed by atoms with Crippen molar-refractivity contribution in [3.63, 3.8) is 0 Å². The summed E-state index contributed by atoms with van der Waals surface area (Å²) >= 11 is 0. The number of hydrogen-bond acceptors (Lipinski definition) is 4. The van der Waals surface area contributed by atoms with Crippen molar-refractivity contribution in [1.82, 2.24) is 25.3 Å². The van der Waals surface area contributed by atoms with Crippen LogP contribution in [-0.2, 0) is 11.8 Å². The van der Waals surface area contributed by atoms with Gasteiger partial charge in [-0.15, -0.1) is 0 Å². The summed E-state index contributed by atoms with van der Waals surface area (Å²) in [5.74, 6) is 0.696. The number of aryl methyl sites for hydroxylation is 1. The van der Waals surface area contributed by atoms with Crippen molar-refractivity contribution in [3.05, 3.63) is 17.5 Å². The first-order valence-electron chi connectivity index (χ1n) is 9.79. The number of rotatable bonds is 5. The fraction of sp³-hybridized carbons (Fsp3) is 0.737. The van der Waals surface area contributed by atoms with Crippen LogP contribution in [0.2, 0.25) is 0 Å². The molecule has 2 fully saturated rings. The van der Waals surface area contributed by atoms with Crippen LogP contribution in [0.4, 0.5) is 0 Å². The van der Waals surface area contributed by atoms with Gasteiger partial charge in [0.2, 0.25) is 5.91 Å². The van der Waals surface area contributed by atoms with Crippen molar-refractivity contribution in [2.75, 3.05) is 26.2 Å². The lowest BCUT2D eigenvalue weighted by molar-refractivity contribution is -0.123. The molecule has 0 radical (unpaired) electrons. The molecule has 1 aromatic rings. The van der Waals surface area contributed by atoms with Gasteiger partial charge < -0.3 is 15.5 Å². The van der Waals surface area contributed by atoms with E-state index in [1.54, 1.807) is 4.68 Å². The maximum atomic E-state index is 13.0. The van der Waals surface area contributed by atoms with Crippen LogP contribution in [0.1, 0.15) is 61.5 Å². The lowest BCUT2D eigenvalue weighted by Crippen LogP contribution is -2.46. The van der Waals surface area contributed by atoms with E-state index in [9.17, 15) is 9.59 Å². The molecule has 2 N–H and O–H groups in total. The molecule has 1 aromatic heterocycles. The molecule has 0 bridgehead atoms. The highest BCUT2D eigenvalue weighted by Crippen LogP contribution is 2.23. The average molecular weight is 361 g/mol. The van der Waals surface area contributed by atoms with Gasteiger partial charge >= 0.3 is 0 Å². The summed E-state index contributed by atoms with van der Waals surface area (Å²) in [7, 11) is 1.86. The summed E-state index contributed by atoms with van der Waals surface area (Å²) in [5.41, 5.74) is 1.57. The summed E-state index contributed by atoms with van der Waals surface area (Å²) in [6.07, 6.45) is 5.83. The first kappa shape index (κ1) is 18.9. The van der Waals surface area contributed by atoms with Crippen molar-refractivity contribution >= 4 is 11.8 Å². The van der Waals surface area contributed by atoms with Crippen molar-refractivity contribution in [3.8, 4) is 0 Å². The smallest absolute Gasteiger partial charge is 0.257 e. The van der Waals surface area contributed by atoms with Gasteiger partial charge in [-0.1, -0.05) is 13.8 Å². The third kappa shape index (κ3) is 4.26. The summed E-state index contributed by atoms with van der Waals surface area (Å²) < 4.78 is 1.72. The Morgan fingerprint density at radius 3 is 2.85 bits per heavy atom. The number of carbonyl (C=O) groups excluding carboxylic acids is 2. The lowest BCUT2D eigenvalue weighted by Gasteiger charge is -2.33. The van der Waals surface area contributed by atoms with Crippen LogP contribution in [0.3, 0.4) is 0 Å². The molecule has 7 heteroatoms. The molecule has 7 nitrogen and oxygen atoms in total. The highest BCUT2D eigenvalue weighted by Gasteiger charge is 2.29. The van der Waals surface area contributed by atoms with Crippen molar-refractivity contribution in [2.45, 2.75) is 51.5 Å². The van der Waals surface area contributed by atoms with E-state index < -0.39 is 0 Å². The molecular weight excluding hydrogens is 330 g/mol. The van der Waals surface area contributed by atoms with E-state index in [0.29, 0.717) is 24.6 Å². The van der Waals surface area contributed by atoms with E-state index in [0.717, 1.165) is 44.5 Å². The molecule has 2 amide bonds. The molecule has 2 aliphatic rings. The standard InChI is InChI=1S/C19H31N5O2/c1-13(2)17-15(12-23(3)22-17)19(26)24-9-5-6-14(11-24)10-21-18(25)16-7-4-8-20-16/h12-14,16,20H,4-11H2,1-3H3,(H,21,25). The van der Waals surface area contributed by atoms with Crippen LogP contribution in [-0.4, -0.2) is 58.7 Å². The summed E-state index contributed by atoms with van der Waals surface area (Å²) in [5, 5.41) is 10.8. The van der Waals surface area contributed by atoms with E-state index in [2.05, 4.69) is 29.6 Å². The number of nitrogens with one attached hydrogen (secondary N) is 2. The van der Waals surface area contributed by atoms with E-state index >= 15 is 0 Å². The minimum atomic E-state index is -0.0414. The van der Waals surface area contributed by atoms with Gasteiger partial charge in [0.15, 0.2) is 0 Å². The maximum Gasteiger partial charge on any atom is 0.257 e. The van der Waals surface area contributed by atoms with E-state index in [1.807, 2.05) is 18.1 Å². The lowest BCUT2D eigenvalue weighted by atomic mass is 9.96. The predicted molar refractivity (Wildman–Crippen MR) is 100.0 cm³/mol. The topological polar surface area (TPSA) is 79.3 Å². The van der Waals surface area contributed by atoms with Gasteiger partial charge in [-0.05, 0) is 44.1 Å². The highest BCUT2D eigenvalue weighted by molar-refractivity contribution is 5.95. The zero-order valence-corrected chi connectivity index (χ0v) is 16.1. The van der Waals surface area contributed by atoms with Crippen molar-refractivity contribution in [1.29, 1.82) is 0 Å². The highest BCUT2D eigenvalue weighted by atomic mass is 16.2. The van der Waals surface area contributed by atoms with Gasteiger partial charge in [0.05, 0.1) is 17.3 Å². The number of likely N-dealkylation sites (tertiary alicyclic amines) is 1. The molecule has 0 aromatic carbocycles. The quantitative estimate of drug-likeness (QED) is 0.828. The van der Waals surface area contributed by atoms with Gasteiger partial charge in [0.1, 0.15) is 0 Å². The number of carbonyl (C=O) groups is 2. The number of piperidine rings is 1. The van der Waals surface area contributed by atoms with Gasteiger partial charge in [-0.2, -0.15) is 5.10 Å². The number of hydrogen-bond donors (Lipinski definition) is 2. The molecule has 144 valence electrons. The third-order valence-corrected chi connectivity index (χ3v) is 5.38. The van der Waals surface area contributed by atoms with E-state index in [1.165, 1.54) is 0 Å². The molecule has 26 heavy (non-hydrogen) atoms. The molecule has 0 spiro atoms. The van der Waals surface area contributed by atoms with Crippen molar-refractivity contribution < 1.29 is 9.59 Å². The molecule has 3 rings (SSSR count). The fourth-order valence-electron chi connectivity index (χ4n) is 3.96. The normalized spacial score (nSPS) is 23.5. The number of nitrogens with zero attached hydrogens (tertiary/aromatic N) is 3. The van der Waals surface area contributed by atoms with E-state index in [4.69, 9.17) is 0 Å². The fourth-order valence-corrected chi connectivity index (χ4v) is 3.96. The molecule has 0 aliphatic carbocycles. The van der Waals surface area contributed by atoms with Gasteiger partial charge in [0, 0.05) is 32.9 Å². The van der Waals surface area contributed by atoms with E-state index in [-0.39, 0.29) is 23.8 Å². The molecule has 2 saturated heterocycles. The van der Waals surface area contributed by atoms with Crippen LogP contribution in [0, 0.1) is 5.92 Å².